The molecule has 0 saturated heterocycles. The van der Waals surface area contributed by atoms with Crippen LogP contribution >= 0.6 is 0 Å². The summed E-state index contributed by atoms with van der Waals surface area (Å²) in [6.07, 6.45) is -1.08. The van der Waals surface area contributed by atoms with Crippen LogP contribution in [0.3, 0.4) is 0 Å². The van der Waals surface area contributed by atoms with Crippen LogP contribution in [0.15, 0.2) is 12.2 Å². The second-order valence-corrected chi connectivity index (χ2v) is 4.03. The molecule has 2 atom stereocenters. The molecule has 0 aromatic rings. The van der Waals surface area contributed by atoms with E-state index in [1.54, 1.807) is 13.8 Å². The third-order valence-corrected chi connectivity index (χ3v) is 2.37. The van der Waals surface area contributed by atoms with Crippen LogP contribution in [-0.2, 0) is 9.59 Å². The van der Waals surface area contributed by atoms with Crippen molar-refractivity contribution in [3.63, 3.8) is 0 Å². The number of aliphatic hydroxyl groups is 2. The number of amides is 1. The molecule has 5 heteroatoms. The zero-order chi connectivity index (χ0) is 13.4. The number of rotatable bonds is 8. The lowest BCUT2D eigenvalue weighted by Gasteiger charge is -2.18. The molecule has 0 heterocycles. The van der Waals surface area contributed by atoms with Crippen LogP contribution < -0.4 is 5.32 Å². The average Bonchev–Trinajstić information content (AvgIpc) is 2.28. The van der Waals surface area contributed by atoms with Crippen LogP contribution in [0, 0.1) is 0 Å². The fourth-order valence-corrected chi connectivity index (χ4v) is 1.21. The molecule has 2 unspecified atom stereocenters. The summed E-state index contributed by atoms with van der Waals surface area (Å²) in [6, 6.07) is 0. The summed E-state index contributed by atoms with van der Waals surface area (Å²) in [5, 5.41) is 21.2. The Kier molecular flexibility index (Phi) is 7.41. The number of aliphatic hydroxyl groups excluding tert-OH is 2. The fourth-order valence-electron chi connectivity index (χ4n) is 1.21. The van der Waals surface area contributed by atoms with Crippen molar-refractivity contribution in [1.29, 1.82) is 0 Å². The highest BCUT2D eigenvalue weighted by atomic mass is 16.3. The maximum atomic E-state index is 11.2. The van der Waals surface area contributed by atoms with Crippen molar-refractivity contribution in [2.45, 2.75) is 51.9 Å². The molecule has 17 heavy (non-hydrogen) atoms. The van der Waals surface area contributed by atoms with Gasteiger partial charge in [0.25, 0.3) is 0 Å². The highest BCUT2D eigenvalue weighted by molar-refractivity contribution is 5.93. The molecule has 0 rings (SSSR count). The fraction of sp³-hybridized carbons (Fsp3) is 0.667. The van der Waals surface area contributed by atoms with Crippen molar-refractivity contribution >= 4 is 11.7 Å². The van der Waals surface area contributed by atoms with Crippen molar-refractivity contribution in [3.05, 3.63) is 12.2 Å². The topological polar surface area (TPSA) is 86.6 Å². The molecule has 0 aliphatic carbocycles. The van der Waals surface area contributed by atoms with Gasteiger partial charge in [0.05, 0.1) is 6.10 Å². The summed E-state index contributed by atoms with van der Waals surface area (Å²) in [4.78, 5) is 22.2. The van der Waals surface area contributed by atoms with E-state index in [2.05, 4.69) is 11.9 Å². The van der Waals surface area contributed by atoms with Crippen molar-refractivity contribution in [1.82, 2.24) is 5.32 Å². The van der Waals surface area contributed by atoms with E-state index in [4.69, 9.17) is 0 Å². The SMILES string of the molecule is C=C(C)C(=O)CCCC(O)C(O)NC(=O)CC. The third kappa shape index (κ3) is 6.86. The van der Waals surface area contributed by atoms with Crippen LogP contribution in [0.2, 0.25) is 0 Å². The lowest BCUT2D eigenvalue weighted by atomic mass is 10.1. The normalized spacial score (nSPS) is 13.9. The molecular formula is C12H21NO4. The third-order valence-electron chi connectivity index (χ3n) is 2.37. The van der Waals surface area contributed by atoms with Crippen LogP contribution in [0.4, 0.5) is 0 Å². The first-order valence-electron chi connectivity index (χ1n) is 5.72. The molecule has 0 aromatic heterocycles. The number of ketones is 1. The largest absolute Gasteiger partial charge is 0.388 e. The minimum atomic E-state index is -1.28. The number of Topliss-reactive ketones (excluding diaryl/α,β-unsaturated/α-hetero) is 1. The van der Waals surface area contributed by atoms with E-state index in [1.807, 2.05) is 0 Å². The van der Waals surface area contributed by atoms with Gasteiger partial charge in [-0.05, 0) is 25.3 Å². The number of hydrogen-bond acceptors (Lipinski definition) is 4. The summed E-state index contributed by atoms with van der Waals surface area (Å²) in [5.41, 5.74) is 0.485. The molecule has 0 aromatic carbocycles. The van der Waals surface area contributed by atoms with Crippen molar-refractivity contribution in [2.24, 2.45) is 0 Å². The molecule has 0 bridgehead atoms. The van der Waals surface area contributed by atoms with Gasteiger partial charge in [0.2, 0.25) is 5.91 Å². The monoisotopic (exact) mass is 243 g/mol. The minimum Gasteiger partial charge on any atom is -0.388 e. The predicted octanol–water partition coefficient (Wildman–Crippen LogP) is 0.507. The van der Waals surface area contributed by atoms with Gasteiger partial charge >= 0.3 is 0 Å². The smallest absolute Gasteiger partial charge is 0.221 e. The quantitative estimate of drug-likeness (QED) is 0.428. The lowest BCUT2D eigenvalue weighted by molar-refractivity contribution is -0.126. The van der Waals surface area contributed by atoms with Gasteiger partial charge in [-0.15, -0.1) is 0 Å². The maximum Gasteiger partial charge on any atom is 0.221 e. The van der Waals surface area contributed by atoms with Crippen molar-refractivity contribution in [3.8, 4) is 0 Å². The Bertz CT molecular complexity index is 288. The molecule has 98 valence electrons. The van der Waals surface area contributed by atoms with E-state index >= 15 is 0 Å². The first kappa shape index (κ1) is 15.8. The predicted molar refractivity (Wildman–Crippen MR) is 64.1 cm³/mol. The van der Waals surface area contributed by atoms with E-state index in [-0.39, 0.29) is 24.5 Å². The second-order valence-electron chi connectivity index (χ2n) is 4.03. The van der Waals surface area contributed by atoms with Crippen LogP contribution in [-0.4, -0.2) is 34.2 Å². The minimum absolute atomic E-state index is 0.0516. The van der Waals surface area contributed by atoms with Gasteiger partial charge in [-0.1, -0.05) is 13.5 Å². The summed E-state index contributed by atoms with van der Waals surface area (Å²) in [5.74, 6) is -0.376. The van der Waals surface area contributed by atoms with Crippen molar-refractivity contribution < 1.29 is 19.8 Å². The number of nitrogens with one attached hydrogen (secondary N) is 1. The number of carbonyl (C=O) groups is 2. The first-order valence-corrected chi connectivity index (χ1v) is 5.72. The molecule has 3 N–H and O–H groups in total. The van der Waals surface area contributed by atoms with Gasteiger partial charge in [0.15, 0.2) is 12.0 Å². The van der Waals surface area contributed by atoms with Gasteiger partial charge in [-0.25, -0.2) is 0 Å². The molecule has 0 spiro atoms. The van der Waals surface area contributed by atoms with Gasteiger partial charge in [0.1, 0.15) is 0 Å². The van der Waals surface area contributed by atoms with E-state index in [0.29, 0.717) is 18.4 Å². The van der Waals surface area contributed by atoms with E-state index in [1.165, 1.54) is 0 Å². The van der Waals surface area contributed by atoms with E-state index in [0.717, 1.165) is 0 Å². The Hall–Kier alpha value is -1.20. The Morgan fingerprint density at radius 3 is 2.41 bits per heavy atom. The average molecular weight is 243 g/mol. The molecule has 5 nitrogen and oxygen atoms in total. The van der Waals surface area contributed by atoms with Gasteiger partial charge in [-0.2, -0.15) is 0 Å². The van der Waals surface area contributed by atoms with Crippen LogP contribution in [0.5, 0.6) is 0 Å². The number of carbonyl (C=O) groups excluding carboxylic acids is 2. The lowest BCUT2D eigenvalue weighted by Crippen LogP contribution is -2.42. The molecule has 0 fully saturated rings. The van der Waals surface area contributed by atoms with Gasteiger partial charge in [0, 0.05) is 12.8 Å². The second kappa shape index (κ2) is 7.97. The highest BCUT2D eigenvalue weighted by Gasteiger charge is 2.17. The van der Waals surface area contributed by atoms with Crippen LogP contribution in [0.25, 0.3) is 0 Å². The molecule has 0 aliphatic rings. The molecule has 0 aliphatic heterocycles. The number of allylic oxidation sites excluding steroid dienone is 1. The van der Waals surface area contributed by atoms with Gasteiger partial charge < -0.3 is 15.5 Å². The van der Waals surface area contributed by atoms with Gasteiger partial charge in [-0.3, -0.25) is 9.59 Å². The van der Waals surface area contributed by atoms with E-state index < -0.39 is 12.3 Å². The summed E-state index contributed by atoms with van der Waals surface area (Å²) in [7, 11) is 0. The van der Waals surface area contributed by atoms with Crippen molar-refractivity contribution in [2.75, 3.05) is 0 Å². The first-order chi connectivity index (χ1) is 7.88. The zero-order valence-corrected chi connectivity index (χ0v) is 10.4. The maximum absolute atomic E-state index is 11.2. The standard InChI is InChI=1S/C12H21NO4/c1-4-11(16)13-12(17)10(15)7-5-6-9(14)8(2)3/h10,12,15,17H,2,4-7H2,1,3H3,(H,13,16). The highest BCUT2D eigenvalue weighted by Crippen LogP contribution is 2.07. The summed E-state index contributed by atoms with van der Waals surface area (Å²) in [6.45, 7) is 6.81. The molecule has 0 radical (unpaired) electrons. The van der Waals surface area contributed by atoms with Crippen LogP contribution in [0.1, 0.15) is 39.5 Å². The Labute approximate surface area is 102 Å². The Balaban J connectivity index is 3.85. The molecule has 1 amide bonds. The molecular weight excluding hydrogens is 222 g/mol. The zero-order valence-electron chi connectivity index (χ0n) is 10.4. The summed E-state index contributed by atoms with van der Waals surface area (Å²) >= 11 is 0. The number of hydrogen-bond donors (Lipinski definition) is 3. The Morgan fingerprint density at radius 1 is 1.35 bits per heavy atom. The molecule has 0 saturated carbocycles. The Morgan fingerprint density at radius 2 is 1.94 bits per heavy atom. The van der Waals surface area contributed by atoms with E-state index in [9.17, 15) is 19.8 Å². The summed E-state index contributed by atoms with van der Waals surface area (Å²) < 4.78 is 0.